The molecule has 0 fully saturated rings. The van der Waals surface area contributed by atoms with Gasteiger partial charge in [0.1, 0.15) is 0 Å². The fourth-order valence-electron chi connectivity index (χ4n) is 3.11. The van der Waals surface area contributed by atoms with Crippen LogP contribution >= 0.6 is 11.3 Å². The largest absolute Gasteiger partial charge is 0.503 e. The van der Waals surface area contributed by atoms with Gasteiger partial charge in [-0.05, 0) is 56.2 Å². The van der Waals surface area contributed by atoms with Crippen LogP contribution in [0.3, 0.4) is 0 Å². The van der Waals surface area contributed by atoms with Crippen molar-refractivity contribution in [1.82, 2.24) is 14.8 Å². The molecule has 0 saturated carbocycles. The molecule has 1 aliphatic rings. The van der Waals surface area contributed by atoms with Gasteiger partial charge in [-0.15, -0.1) is 11.3 Å². The fourth-order valence-corrected chi connectivity index (χ4v) is 3.78. The number of aromatic nitrogens is 1. The Morgan fingerprint density at radius 2 is 2.04 bits per heavy atom. The summed E-state index contributed by atoms with van der Waals surface area (Å²) in [7, 11) is 3.93. The Labute approximate surface area is 156 Å². The first-order valence-corrected chi connectivity index (χ1v) is 9.25. The summed E-state index contributed by atoms with van der Waals surface area (Å²) in [4.78, 5) is 33.8. The molecular weight excluding hydrogens is 350 g/mol. The Hall–Kier alpha value is -2.51. The topological polar surface area (TPSA) is 73.7 Å². The molecule has 0 saturated heterocycles. The molecule has 0 aliphatic carbocycles. The van der Waals surface area contributed by atoms with E-state index in [2.05, 4.69) is 4.98 Å². The summed E-state index contributed by atoms with van der Waals surface area (Å²) in [6, 6.07) is 6.44. The number of rotatable bonds is 7. The van der Waals surface area contributed by atoms with Crippen molar-refractivity contribution < 1.29 is 14.7 Å². The molecule has 0 spiro atoms. The van der Waals surface area contributed by atoms with Gasteiger partial charge in [0, 0.05) is 18.9 Å². The summed E-state index contributed by atoms with van der Waals surface area (Å²) >= 11 is 1.30. The molecule has 0 bridgehead atoms. The molecule has 3 rings (SSSR count). The molecule has 0 radical (unpaired) electrons. The van der Waals surface area contributed by atoms with Gasteiger partial charge >= 0.3 is 0 Å². The number of thiophene rings is 1. The van der Waals surface area contributed by atoms with Crippen LogP contribution in [0.1, 0.15) is 27.7 Å². The van der Waals surface area contributed by atoms with Crippen LogP contribution in [0.5, 0.6) is 0 Å². The third-order valence-electron chi connectivity index (χ3n) is 4.32. The first-order valence-electron chi connectivity index (χ1n) is 8.37. The molecule has 3 heterocycles. The number of nitrogens with zero attached hydrogens (tertiary/aromatic N) is 3. The predicted molar refractivity (Wildman–Crippen MR) is 100 cm³/mol. The van der Waals surface area contributed by atoms with Gasteiger partial charge in [-0.25, -0.2) is 0 Å². The fraction of sp³-hybridized carbons (Fsp3) is 0.316. The zero-order valence-corrected chi connectivity index (χ0v) is 15.6. The summed E-state index contributed by atoms with van der Waals surface area (Å²) in [5.74, 6) is -1.25. The first-order chi connectivity index (χ1) is 12.5. The van der Waals surface area contributed by atoms with Gasteiger partial charge in [-0.1, -0.05) is 6.07 Å². The third kappa shape index (κ3) is 3.54. The summed E-state index contributed by atoms with van der Waals surface area (Å²) < 4.78 is 0. The van der Waals surface area contributed by atoms with E-state index in [-0.39, 0.29) is 11.4 Å². The molecule has 0 unspecified atom stereocenters. The van der Waals surface area contributed by atoms with Crippen molar-refractivity contribution in [3.63, 3.8) is 0 Å². The number of hydrogen-bond acceptors (Lipinski definition) is 6. The third-order valence-corrected chi connectivity index (χ3v) is 5.19. The lowest BCUT2D eigenvalue weighted by molar-refractivity contribution is -0.129. The van der Waals surface area contributed by atoms with Crippen LogP contribution in [-0.4, -0.2) is 58.8 Å². The van der Waals surface area contributed by atoms with E-state index in [1.807, 2.05) is 19.0 Å². The minimum absolute atomic E-state index is 0.147. The summed E-state index contributed by atoms with van der Waals surface area (Å²) in [6.07, 6.45) is 3.99. The van der Waals surface area contributed by atoms with Crippen LogP contribution < -0.4 is 0 Å². The SMILES string of the molecule is CN(C)CCCN1C(=O)C(O)=C(C(=O)c2cccs2)[C@H]1c1ccncc1. The molecule has 1 amide bonds. The second-order valence-corrected chi connectivity index (χ2v) is 7.35. The molecule has 7 heteroatoms. The Kier molecular flexibility index (Phi) is 5.49. The van der Waals surface area contributed by atoms with E-state index in [1.165, 1.54) is 11.3 Å². The van der Waals surface area contributed by atoms with Crippen LogP contribution in [0.25, 0.3) is 0 Å². The van der Waals surface area contributed by atoms with Gasteiger partial charge < -0.3 is 14.9 Å². The highest BCUT2D eigenvalue weighted by Crippen LogP contribution is 2.39. The standard InChI is InChI=1S/C19H21N3O3S/c1-21(2)10-4-11-22-16(13-6-8-20-9-7-13)15(18(24)19(22)25)17(23)14-5-3-12-26-14/h3,5-9,12,16,24H,4,10-11H2,1-2H3/t16-/m1/s1. The van der Waals surface area contributed by atoms with Gasteiger partial charge in [0.05, 0.1) is 16.5 Å². The monoisotopic (exact) mass is 371 g/mol. The highest BCUT2D eigenvalue weighted by Gasteiger charge is 2.43. The second-order valence-electron chi connectivity index (χ2n) is 6.41. The van der Waals surface area contributed by atoms with E-state index < -0.39 is 17.7 Å². The predicted octanol–water partition coefficient (Wildman–Crippen LogP) is 2.67. The molecular formula is C19H21N3O3S. The van der Waals surface area contributed by atoms with Crippen molar-refractivity contribution in [2.45, 2.75) is 12.5 Å². The van der Waals surface area contributed by atoms with Crippen LogP contribution in [-0.2, 0) is 4.79 Å². The Morgan fingerprint density at radius 1 is 1.31 bits per heavy atom. The lowest BCUT2D eigenvalue weighted by Gasteiger charge is -2.27. The van der Waals surface area contributed by atoms with Gasteiger partial charge in [0.15, 0.2) is 5.76 Å². The average molecular weight is 371 g/mol. The number of amides is 1. The van der Waals surface area contributed by atoms with Crippen molar-refractivity contribution >= 4 is 23.0 Å². The quantitative estimate of drug-likeness (QED) is 0.758. The van der Waals surface area contributed by atoms with E-state index in [9.17, 15) is 14.7 Å². The Bertz CT molecular complexity index is 816. The molecule has 1 N–H and O–H groups in total. The van der Waals surface area contributed by atoms with Gasteiger partial charge in [-0.2, -0.15) is 0 Å². The first kappa shape index (κ1) is 18.3. The van der Waals surface area contributed by atoms with Crippen molar-refractivity contribution in [1.29, 1.82) is 0 Å². The molecule has 2 aromatic rings. The van der Waals surface area contributed by atoms with E-state index >= 15 is 0 Å². The van der Waals surface area contributed by atoms with Crippen molar-refractivity contribution in [3.8, 4) is 0 Å². The number of aliphatic hydroxyl groups excluding tert-OH is 1. The van der Waals surface area contributed by atoms with Crippen LogP contribution in [0.15, 0.2) is 53.4 Å². The Balaban J connectivity index is 1.97. The van der Waals surface area contributed by atoms with E-state index in [0.717, 1.165) is 18.5 Å². The maximum atomic E-state index is 13.0. The maximum Gasteiger partial charge on any atom is 0.290 e. The maximum absolute atomic E-state index is 13.0. The number of aliphatic hydroxyl groups is 1. The zero-order chi connectivity index (χ0) is 18.7. The highest BCUT2D eigenvalue weighted by molar-refractivity contribution is 7.12. The molecule has 26 heavy (non-hydrogen) atoms. The number of carbonyl (C=O) groups is 2. The lowest BCUT2D eigenvalue weighted by Crippen LogP contribution is -2.33. The van der Waals surface area contributed by atoms with Crippen molar-refractivity contribution in [2.24, 2.45) is 0 Å². The molecule has 1 atom stereocenters. The lowest BCUT2D eigenvalue weighted by atomic mass is 9.96. The van der Waals surface area contributed by atoms with E-state index in [4.69, 9.17) is 0 Å². The van der Waals surface area contributed by atoms with Crippen LogP contribution in [0.2, 0.25) is 0 Å². The smallest absolute Gasteiger partial charge is 0.290 e. The molecule has 1 aliphatic heterocycles. The Morgan fingerprint density at radius 3 is 2.65 bits per heavy atom. The highest BCUT2D eigenvalue weighted by atomic mass is 32.1. The number of pyridine rings is 1. The zero-order valence-electron chi connectivity index (χ0n) is 14.8. The molecule has 6 nitrogen and oxygen atoms in total. The van der Waals surface area contributed by atoms with Crippen molar-refractivity contribution in [3.05, 3.63) is 63.8 Å². The van der Waals surface area contributed by atoms with E-state index in [1.54, 1.807) is 46.9 Å². The van der Waals surface area contributed by atoms with Gasteiger partial charge in [0.25, 0.3) is 5.91 Å². The summed E-state index contributed by atoms with van der Waals surface area (Å²) in [6.45, 7) is 1.26. The van der Waals surface area contributed by atoms with Gasteiger partial charge in [-0.3, -0.25) is 14.6 Å². The molecule has 136 valence electrons. The van der Waals surface area contributed by atoms with Crippen LogP contribution in [0.4, 0.5) is 0 Å². The van der Waals surface area contributed by atoms with Crippen molar-refractivity contribution in [2.75, 3.05) is 27.2 Å². The minimum atomic E-state index is -0.595. The van der Waals surface area contributed by atoms with Crippen LogP contribution in [0, 0.1) is 0 Å². The number of ketones is 1. The number of Topliss-reactive ketones (excluding diaryl/α,β-unsaturated/α-hetero) is 1. The van der Waals surface area contributed by atoms with E-state index in [0.29, 0.717) is 11.4 Å². The number of carbonyl (C=O) groups excluding carboxylic acids is 2. The molecule has 2 aromatic heterocycles. The number of hydrogen-bond donors (Lipinski definition) is 1. The average Bonchev–Trinajstić information content (AvgIpc) is 3.24. The minimum Gasteiger partial charge on any atom is -0.503 e. The van der Waals surface area contributed by atoms with Gasteiger partial charge in [0.2, 0.25) is 5.78 Å². The normalized spacial score (nSPS) is 17.4. The molecule has 0 aromatic carbocycles. The second kappa shape index (κ2) is 7.80. The summed E-state index contributed by atoms with van der Waals surface area (Å²) in [5.41, 5.74) is 0.913. The summed E-state index contributed by atoms with van der Waals surface area (Å²) in [5, 5.41) is 12.3.